The second-order valence-electron chi connectivity index (χ2n) is 8.18. The van der Waals surface area contributed by atoms with Crippen molar-refractivity contribution in [3.63, 3.8) is 0 Å². The molecule has 1 aliphatic carbocycles. The first kappa shape index (κ1) is 21.6. The molecule has 2 amide bonds. The molecule has 3 aromatic rings. The summed E-state index contributed by atoms with van der Waals surface area (Å²) in [4.78, 5) is 24.5. The van der Waals surface area contributed by atoms with Gasteiger partial charge in [0.15, 0.2) is 0 Å². The molecule has 2 atom stereocenters. The Morgan fingerprint density at radius 3 is 2.19 bits per heavy atom. The van der Waals surface area contributed by atoms with Crippen molar-refractivity contribution in [1.82, 2.24) is 0 Å². The van der Waals surface area contributed by atoms with Crippen molar-refractivity contribution >= 4 is 23.4 Å². The molecular weight excluding hydrogens is 402 g/mol. The Hall–Kier alpha value is -3.64. The molecule has 6 nitrogen and oxygen atoms in total. The highest BCUT2D eigenvalue weighted by molar-refractivity contribution is 6.04. The summed E-state index contributed by atoms with van der Waals surface area (Å²) in [6, 6.07) is 24.0. The molecule has 4 N–H and O–H groups in total. The van der Waals surface area contributed by atoms with Gasteiger partial charge >= 0.3 is 6.09 Å². The van der Waals surface area contributed by atoms with E-state index in [4.69, 9.17) is 10.5 Å². The zero-order valence-corrected chi connectivity index (χ0v) is 18.0. The first-order chi connectivity index (χ1) is 15.5. The molecular formula is C26H27N3O3. The van der Waals surface area contributed by atoms with Crippen LogP contribution in [0, 0.1) is 0 Å². The Morgan fingerprint density at radius 1 is 0.938 bits per heavy atom. The maximum atomic E-state index is 12.5. The molecule has 0 aromatic heterocycles. The minimum Gasteiger partial charge on any atom is -0.444 e. The summed E-state index contributed by atoms with van der Waals surface area (Å²) < 4.78 is 5.20. The minimum absolute atomic E-state index is 0.0749. The Kier molecular flexibility index (Phi) is 6.23. The Labute approximate surface area is 187 Å². The highest BCUT2D eigenvalue weighted by Gasteiger charge is 2.49. The molecule has 0 bridgehead atoms. The van der Waals surface area contributed by atoms with E-state index in [1.165, 1.54) is 5.56 Å². The fraction of sp³-hybridized carbons (Fsp3) is 0.231. The first-order valence-electron chi connectivity index (χ1n) is 10.7. The van der Waals surface area contributed by atoms with Crippen molar-refractivity contribution < 1.29 is 14.3 Å². The number of hydrogen-bond acceptors (Lipinski definition) is 4. The third kappa shape index (κ3) is 5.15. The van der Waals surface area contributed by atoms with Crippen LogP contribution >= 0.6 is 0 Å². The molecule has 2 unspecified atom stereocenters. The van der Waals surface area contributed by atoms with Crippen LogP contribution in [0.5, 0.6) is 0 Å². The van der Waals surface area contributed by atoms with Gasteiger partial charge in [0.1, 0.15) is 6.61 Å². The van der Waals surface area contributed by atoms with Gasteiger partial charge in [-0.05, 0) is 60.4 Å². The molecule has 1 saturated carbocycles. The molecule has 4 rings (SSSR count). The lowest BCUT2D eigenvalue weighted by molar-refractivity contribution is 0.102. The fourth-order valence-corrected chi connectivity index (χ4v) is 3.75. The zero-order valence-electron chi connectivity index (χ0n) is 18.0. The molecule has 164 valence electrons. The number of nitrogens with one attached hydrogen (secondary N) is 2. The number of ether oxygens (including phenoxy) is 1. The number of anilines is 2. The Morgan fingerprint density at radius 2 is 1.56 bits per heavy atom. The van der Waals surface area contributed by atoms with Gasteiger partial charge in [-0.1, -0.05) is 49.4 Å². The smallest absolute Gasteiger partial charge is 0.411 e. The molecule has 6 heteroatoms. The van der Waals surface area contributed by atoms with E-state index in [0.29, 0.717) is 17.2 Å². The number of benzene rings is 3. The molecule has 0 saturated heterocycles. The number of rotatable bonds is 7. The van der Waals surface area contributed by atoms with Gasteiger partial charge in [0.25, 0.3) is 5.91 Å². The fourth-order valence-electron chi connectivity index (χ4n) is 3.75. The molecule has 0 aliphatic heterocycles. The van der Waals surface area contributed by atoms with E-state index >= 15 is 0 Å². The summed E-state index contributed by atoms with van der Waals surface area (Å²) in [5.74, 6) is 0.181. The van der Waals surface area contributed by atoms with Gasteiger partial charge in [-0.25, -0.2) is 4.79 Å². The SMILES string of the molecule is CCC1(N)CC1c1ccc(NC(=O)c2ccc(NC(=O)OCc3ccccc3)cc2)cc1. The Balaban J connectivity index is 1.28. The van der Waals surface area contributed by atoms with E-state index in [9.17, 15) is 9.59 Å². The predicted molar refractivity (Wildman–Crippen MR) is 126 cm³/mol. The third-order valence-electron chi connectivity index (χ3n) is 5.95. The summed E-state index contributed by atoms with van der Waals surface area (Å²) in [7, 11) is 0. The second kappa shape index (κ2) is 9.24. The van der Waals surface area contributed by atoms with E-state index in [1.54, 1.807) is 24.3 Å². The lowest BCUT2D eigenvalue weighted by atomic mass is 10.0. The summed E-state index contributed by atoms with van der Waals surface area (Å²) in [5, 5.41) is 5.55. The van der Waals surface area contributed by atoms with Crippen molar-refractivity contribution in [2.75, 3.05) is 10.6 Å². The maximum Gasteiger partial charge on any atom is 0.411 e. The van der Waals surface area contributed by atoms with Crippen molar-refractivity contribution in [3.8, 4) is 0 Å². The number of carbonyl (C=O) groups excluding carboxylic acids is 2. The predicted octanol–water partition coefficient (Wildman–Crippen LogP) is 5.28. The van der Waals surface area contributed by atoms with Crippen LogP contribution in [0.2, 0.25) is 0 Å². The van der Waals surface area contributed by atoms with Crippen LogP contribution in [0.15, 0.2) is 78.9 Å². The van der Waals surface area contributed by atoms with Gasteiger partial charge in [0.05, 0.1) is 0 Å². The van der Waals surface area contributed by atoms with Gasteiger partial charge in [-0.15, -0.1) is 0 Å². The van der Waals surface area contributed by atoms with E-state index in [-0.39, 0.29) is 18.1 Å². The van der Waals surface area contributed by atoms with E-state index in [2.05, 4.69) is 17.6 Å². The molecule has 3 aromatic carbocycles. The monoisotopic (exact) mass is 429 g/mol. The van der Waals surface area contributed by atoms with Gasteiger partial charge in [0, 0.05) is 28.4 Å². The van der Waals surface area contributed by atoms with Gasteiger partial charge < -0.3 is 15.8 Å². The number of nitrogens with two attached hydrogens (primary N) is 1. The van der Waals surface area contributed by atoms with Gasteiger partial charge in [-0.2, -0.15) is 0 Å². The van der Waals surface area contributed by atoms with Crippen LogP contribution in [0.25, 0.3) is 0 Å². The summed E-state index contributed by atoms with van der Waals surface area (Å²) in [6.45, 7) is 2.31. The molecule has 1 aliphatic rings. The van der Waals surface area contributed by atoms with E-state index in [0.717, 1.165) is 24.1 Å². The average Bonchev–Trinajstić information content (AvgIpc) is 3.51. The van der Waals surface area contributed by atoms with Crippen LogP contribution in [0.4, 0.5) is 16.2 Å². The highest BCUT2D eigenvalue weighted by Crippen LogP contribution is 2.51. The quantitative estimate of drug-likeness (QED) is 0.476. The standard InChI is InChI=1S/C26H27N3O3/c1-2-26(27)16-23(26)19-8-12-21(13-9-19)28-24(30)20-10-14-22(15-11-20)29-25(31)32-17-18-6-4-3-5-7-18/h3-15,23H,2,16-17,27H2,1H3,(H,28,30)(H,29,31). The zero-order chi connectivity index (χ0) is 22.6. The van der Waals surface area contributed by atoms with Crippen molar-refractivity contribution in [3.05, 3.63) is 95.6 Å². The first-order valence-corrected chi connectivity index (χ1v) is 10.7. The lowest BCUT2D eigenvalue weighted by Crippen LogP contribution is -2.22. The largest absolute Gasteiger partial charge is 0.444 e. The van der Waals surface area contributed by atoms with Crippen molar-refractivity contribution in [2.24, 2.45) is 5.73 Å². The van der Waals surface area contributed by atoms with Gasteiger partial charge in [0.2, 0.25) is 0 Å². The van der Waals surface area contributed by atoms with Crippen molar-refractivity contribution in [1.29, 1.82) is 0 Å². The Bertz CT molecular complexity index is 1080. The van der Waals surface area contributed by atoms with Crippen LogP contribution in [0.1, 0.15) is 47.2 Å². The van der Waals surface area contributed by atoms with Crippen LogP contribution in [0.3, 0.4) is 0 Å². The normalized spacial score (nSPS) is 19.1. The van der Waals surface area contributed by atoms with Crippen LogP contribution in [-0.4, -0.2) is 17.5 Å². The lowest BCUT2D eigenvalue weighted by Gasteiger charge is -2.10. The molecule has 32 heavy (non-hydrogen) atoms. The third-order valence-corrected chi connectivity index (χ3v) is 5.95. The van der Waals surface area contributed by atoms with Crippen LogP contribution in [-0.2, 0) is 11.3 Å². The van der Waals surface area contributed by atoms with Crippen molar-refractivity contribution in [2.45, 2.75) is 37.8 Å². The number of carbonyl (C=O) groups is 2. The number of amides is 2. The highest BCUT2D eigenvalue weighted by atomic mass is 16.5. The molecule has 0 spiro atoms. The maximum absolute atomic E-state index is 12.5. The summed E-state index contributed by atoms with van der Waals surface area (Å²) in [5.41, 5.74) is 10.1. The molecule has 1 fully saturated rings. The average molecular weight is 430 g/mol. The molecule has 0 heterocycles. The molecule has 0 radical (unpaired) electrons. The topological polar surface area (TPSA) is 93.5 Å². The minimum atomic E-state index is -0.550. The summed E-state index contributed by atoms with van der Waals surface area (Å²) >= 11 is 0. The van der Waals surface area contributed by atoms with Gasteiger partial charge in [-0.3, -0.25) is 10.1 Å². The van der Waals surface area contributed by atoms with E-state index in [1.807, 2.05) is 54.6 Å². The number of hydrogen-bond donors (Lipinski definition) is 3. The second-order valence-corrected chi connectivity index (χ2v) is 8.18. The van der Waals surface area contributed by atoms with Crippen LogP contribution < -0.4 is 16.4 Å². The van der Waals surface area contributed by atoms with E-state index < -0.39 is 6.09 Å². The summed E-state index contributed by atoms with van der Waals surface area (Å²) in [6.07, 6.45) is 1.42.